The Morgan fingerprint density at radius 2 is 1.94 bits per heavy atom. The molecule has 96 valence electrons. The first kappa shape index (κ1) is 12.5. The van der Waals surface area contributed by atoms with Gasteiger partial charge in [-0.2, -0.15) is 8.42 Å². The summed E-state index contributed by atoms with van der Waals surface area (Å²) in [5.41, 5.74) is 5.71. The zero-order valence-corrected chi connectivity index (χ0v) is 10.2. The molecule has 6 nitrogen and oxygen atoms in total. The number of ether oxygens (including phenoxy) is 1. The molecule has 0 atom stereocenters. The number of rotatable bonds is 2. The summed E-state index contributed by atoms with van der Waals surface area (Å²) >= 11 is 0. The van der Waals surface area contributed by atoms with Crippen LogP contribution in [-0.2, 0) is 10.1 Å². The third-order valence-corrected chi connectivity index (χ3v) is 3.41. The van der Waals surface area contributed by atoms with Crippen molar-refractivity contribution in [2.24, 2.45) is 0 Å². The van der Waals surface area contributed by atoms with Gasteiger partial charge in [0.1, 0.15) is 11.5 Å². The van der Waals surface area contributed by atoms with Crippen molar-refractivity contribution in [3.05, 3.63) is 24.3 Å². The van der Waals surface area contributed by atoms with E-state index in [1.54, 1.807) is 0 Å². The lowest BCUT2D eigenvalue weighted by molar-refractivity contribution is 0.414. The fraction of sp³-hybridized carbons (Fsp3) is 0.0909. The van der Waals surface area contributed by atoms with E-state index < -0.39 is 10.1 Å². The van der Waals surface area contributed by atoms with Gasteiger partial charge in [0.05, 0.1) is 23.1 Å². The van der Waals surface area contributed by atoms with Gasteiger partial charge in [0.2, 0.25) is 0 Å². The molecular weight excluding hydrogens is 258 g/mol. The Labute approximate surface area is 103 Å². The molecule has 0 radical (unpaired) electrons. The van der Waals surface area contributed by atoms with Crippen molar-refractivity contribution in [1.82, 2.24) is 0 Å². The topological polar surface area (TPSA) is 110 Å². The van der Waals surface area contributed by atoms with Crippen LogP contribution in [0.4, 0.5) is 5.69 Å². The molecule has 0 aliphatic rings. The van der Waals surface area contributed by atoms with E-state index in [0.717, 1.165) is 6.07 Å². The van der Waals surface area contributed by atoms with Crippen LogP contribution in [0.1, 0.15) is 0 Å². The summed E-state index contributed by atoms with van der Waals surface area (Å²) in [6, 6.07) is 5.32. The van der Waals surface area contributed by atoms with Gasteiger partial charge in [0.15, 0.2) is 0 Å². The standard InChI is InChI=1S/C11H11NO5S/c1-17-9-5-7(18(14,15)16)4-6-2-3-8(12)11(13)10(6)9/h2-5,13H,12H2,1H3,(H,14,15,16). The van der Waals surface area contributed by atoms with Gasteiger partial charge in [0.25, 0.3) is 10.1 Å². The molecule has 7 heteroatoms. The molecule has 0 fully saturated rings. The summed E-state index contributed by atoms with van der Waals surface area (Å²) < 4.78 is 36.2. The number of hydrogen-bond acceptors (Lipinski definition) is 5. The summed E-state index contributed by atoms with van der Waals surface area (Å²) in [6.45, 7) is 0. The van der Waals surface area contributed by atoms with Gasteiger partial charge >= 0.3 is 0 Å². The third-order valence-electron chi connectivity index (χ3n) is 2.58. The maximum Gasteiger partial charge on any atom is 0.294 e. The number of aromatic hydroxyl groups is 1. The number of phenolic OH excluding ortho intramolecular Hbond substituents is 1. The number of hydrogen-bond donors (Lipinski definition) is 3. The minimum absolute atomic E-state index is 0.116. The highest BCUT2D eigenvalue weighted by atomic mass is 32.2. The van der Waals surface area contributed by atoms with E-state index in [0.29, 0.717) is 10.8 Å². The molecule has 0 unspecified atom stereocenters. The second-order valence-electron chi connectivity index (χ2n) is 3.70. The predicted octanol–water partition coefficient (Wildman–Crippen LogP) is 1.38. The van der Waals surface area contributed by atoms with Crippen LogP contribution in [0, 0.1) is 0 Å². The molecule has 0 aromatic heterocycles. The van der Waals surface area contributed by atoms with Gasteiger partial charge in [-0.3, -0.25) is 4.55 Å². The van der Waals surface area contributed by atoms with Crippen molar-refractivity contribution in [2.45, 2.75) is 4.90 Å². The minimum atomic E-state index is -4.34. The molecule has 0 saturated carbocycles. The summed E-state index contributed by atoms with van der Waals surface area (Å²) in [6.07, 6.45) is 0. The number of nitrogens with two attached hydrogens (primary N) is 1. The fourth-order valence-electron chi connectivity index (χ4n) is 1.71. The summed E-state index contributed by atoms with van der Waals surface area (Å²) in [5, 5.41) is 10.5. The van der Waals surface area contributed by atoms with Crippen LogP contribution in [-0.4, -0.2) is 25.2 Å². The van der Waals surface area contributed by atoms with Crippen LogP contribution < -0.4 is 10.5 Å². The maximum absolute atomic E-state index is 11.1. The number of nitrogen functional groups attached to an aromatic ring is 1. The quantitative estimate of drug-likeness (QED) is 0.431. The summed E-state index contributed by atoms with van der Waals surface area (Å²) in [4.78, 5) is -0.309. The average Bonchev–Trinajstić information content (AvgIpc) is 2.31. The average molecular weight is 269 g/mol. The minimum Gasteiger partial charge on any atom is -0.505 e. The van der Waals surface area contributed by atoms with E-state index in [1.807, 2.05) is 0 Å². The Morgan fingerprint density at radius 1 is 1.28 bits per heavy atom. The van der Waals surface area contributed by atoms with E-state index in [4.69, 9.17) is 15.0 Å². The van der Waals surface area contributed by atoms with Gasteiger partial charge in [-0.1, -0.05) is 6.07 Å². The van der Waals surface area contributed by atoms with E-state index in [1.165, 1.54) is 25.3 Å². The Kier molecular flexibility index (Phi) is 2.80. The number of fused-ring (bicyclic) bond motifs is 1. The molecule has 2 aromatic carbocycles. The second kappa shape index (κ2) is 4.04. The van der Waals surface area contributed by atoms with Crippen molar-refractivity contribution in [3.8, 4) is 11.5 Å². The fourth-order valence-corrected chi connectivity index (χ4v) is 2.24. The molecule has 2 aromatic rings. The van der Waals surface area contributed by atoms with Crippen molar-refractivity contribution >= 4 is 26.6 Å². The molecule has 18 heavy (non-hydrogen) atoms. The molecule has 0 heterocycles. The molecule has 0 spiro atoms. The lowest BCUT2D eigenvalue weighted by atomic mass is 10.1. The van der Waals surface area contributed by atoms with E-state index >= 15 is 0 Å². The zero-order chi connectivity index (χ0) is 13.5. The molecule has 0 amide bonds. The molecular formula is C11H11NO5S. The first-order valence-corrected chi connectivity index (χ1v) is 6.35. The van der Waals surface area contributed by atoms with Crippen molar-refractivity contribution in [3.63, 3.8) is 0 Å². The van der Waals surface area contributed by atoms with Gasteiger partial charge in [-0.05, 0) is 17.5 Å². The van der Waals surface area contributed by atoms with Crippen LogP contribution in [0.3, 0.4) is 0 Å². The van der Waals surface area contributed by atoms with Crippen LogP contribution in [0.5, 0.6) is 11.5 Å². The molecule has 0 bridgehead atoms. The largest absolute Gasteiger partial charge is 0.505 e. The maximum atomic E-state index is 11.1. The monoisotopic (exact) mass is 269 g/mol. The van der Waals surface area contributed by atoms with Gasteiger partial charge in [-0.25, -0.2) is 0 Å². The molecule has 0 aliphatic heterocycles. The SMILES string of the molecule is COc1cc(S(=O)(=O)O)cc2ccc(N)c(O)c12. The first-order chi connectivity index (χ1) is 8.34. The van der Waals surface area contributed by atoms with Crippen LogP contribution in [0.25, 0.3) is 10.8 Å². The van der Waals surface area contributed by atoms with E-state index in [-0.39, 0.29) is 22.1 Å². The molecule has 2 rings (SSSR count). The number of anilines is 1. The van der Waals surface area contributed by atoms with Crippen molar-refractivity contribution in [2.75, 3.05) is 12.8 Å². The highest BCUT2D eigenvalue weighted by Gasteiger charge is 2.16. The highest BCUT2D eigenvalue weighted by Crippen LogP contribution is 2.38. The smallest absolute Gasteiger partial charge is 0.294 e. The summed E-state index contributed by atoms with van der Waals surface area (Å²) in [7, 11) is -3.02. The Bertz CT molecular complexity index is 724. The Balaban J connectivity index is 2.92. The number of benzene rings is 2. The first-order valence-electron chi connectivity index (χ1n) is 4.91. The number of methoxy groups -OCH3 is 1. The van der Waals surface area contributed by atoms with Crippen LogP contribution in [0.15, 0.2) is 29.2 Å². The van der Waals surface area contributed by atoms with Crippen LogP contribution >= 0.6 is 0 Å². The zero-order valence-electron chi connectivity index (χ0n) is 9.41. The third kappa shape index (κ3) is 1.93. The van der Waals surface area contributed by atoms with E-state index in [2.05, 4.69) is 0 Å². The molecule has 0 aliphatic carbocycles. The normalized spacial score (nSPS) is 11.7. The summed E-state index contributed by atoms with van der Waals surface area (Å²) in [5.74, 6) is -0.0730. The lowest BCUT2D eigenvalue weighted by Crippen LogP contribution is -1.99. The number of phenols is 1. The van der Waals surface area contributed by atoms with Crippen molar-refractivity contribution < 1.29 is 22.8 Å². The van der Waals surface area contributed by atoms with Gasteiger partial charge in [0, 0.05) is 6.07 Å². The highest BCUT2D eigenvalue weighted by molar-refractivity contribution is 7.85. The van der Waals surface area contributed by atoms with Gasteiger partial charge in [-0.15, -0.1) is 0 Å². The Morgan fingerprint density at radius 3 is 2.50 bits per heavy atom. The van der Waals surface area contributed by atoms with E-state index in [9.17, 15) is 13.5 Å². The predicted molar refractivity (Wildman–Crippen MR) is 66.4 cm³/mol. The lowest BCUT2D eigenvalue weighted by Gasteiger charge is -2.10. The van der Waals surface area contributed by atoms with Crippen LogP contribution in [0.2, 0.25) is 0 Å². The van der Waals surface area contributed by atoms with Gasteiger partial charge < -0.3 is 15.6 Å². The molecule has 4 N–H and O–H groups in total. The Hall–Kier alpha value is -1.99. The second-order valence-corrected chi connectivity index (χ2v) is 5.12. The molecule has 0 saturated heterocycles. The van der Waals surface area contributed by atoms with Crippen molar-refractivity contribution in [1.29, 1.82) is 0 Å².